The number of amides is 3. The smallest absolute Gasteiger partial charge is 0.253 e. The van der Waals surface area contributed by atoms with Crippen LogP contribution < -0.4 is 9.80 Å². The SMILES string of the molecule is O=C(CN1C(=O)C2CCCCN2c2ccc(C(=O)N3CCCCC3)cc21)N1CCC2(CC1)OCCO2. The highest BCUT2D eigenvalue weighted by Crippen LogP contribution is 2.40. The fourth-order valence-corrected chi connectivity index (χ4v) is 6.45. The van der Waals surface area contributed by atoms with Crippen LogP contribution in [-0.2, 0) is 19.1 Å². The summed E-state index contributed by atoms with van der Waals surface area (Å²) in [4.78, 5) is 47.9. The third-order valence-corrected chi connectivity index (χ3v) is 8.50. The standard InChI is InChI=1S/C27H36N4O5/c32-24(28-14-9-27(10-15-28)35-16-17-36-27)19-31-23-18-20(25(33)29-11-3-1-4-12-29)7-8-21(23)30-13-5-2-6-22(30)26(31)34/h7-8,18,22H,1-6,9-17,19H2. The molecule has 0 bridgehead atoms. The second kappa shape index (κ2) is 9.67. The van der Waals surface area contributed by atoms with E-state index in [2.05, 4.69) is 4.90 Å². The van der Waals surface area contributed by atoms with E-state index in [0.29, 0.717) is 50.4 Å². The van der Waals surface area contributed by atoms with Crippen LogP contribution in [0, 0.1) is 0 Å². The Balaban J connectivity index is 1.25. The van der Waals surface area contributed by atoms with E-state index in [1.807, 2.05) is 28.0 Å². The minimum absolute atomic E-state index is 0.00769. The number of anilines is 2. The van der Waals surface area contributed by atoms with Crippen molar-refractivity contribution in [2.24, 2.45) is 0 Å². The second-order valence-corrected chi connectivity index (χ2v) is 10.7. The summed E-state index contributed by atoms with van der Waals surface area (Å²) in [6.07, 6.45) is 7.34. The number of rotatable bonds is 3. The molecule has 1 aromatic rings. The molecule has 1 aromatic carbocycles. The number of carbonyl (C=O) groups excluding carboxylic acids is 3. The molecule has 5 heterocycles. The van der Waals surface area contributed by atoms with Crippen molar-refractivity contribution in [1.29, 1.82) is 0 Å². The van der Waals surface area contributed by atoms with E-state index < -0.39 is 5.79 Å². The molecule has 5 aliphatic heterocycles. The second-order valence-electron chi connectivity index (χ2n) is 10.7. The van der Waals surface area contributed by atoms with E-state index in [-0.39, 0.29) is 30.3 Å². The van der Waals surface area contributed by atoms with E-state index in [0.717, 1.165) is 63.8 Å². The van der Waals surface area contributed by atoms with Crippen LogP contribution >= 0.6 is 0 Å². The Labute approximate surface area is 212 Å². The van der Waals surface area contributed by atoms with E-state index in [4.69, 9.17) is 9.47 Å². The maximum atomic E-state index is 13.7. The summed E-state index contributed by atoms with van der Waals surface area (Å²) >= 11 is 0. The normalized spacial score (nSPS) is 25.7. The first-order chi connectivity index (χ1) is 17.5. The van der Waals surface area contributed by atoms with Crippen molar-refractivity contribution in [3.8, 4) is 0 Å². The molecule has 1 unspecified atom stereocenters. The molecule has 0 radical (unpaired) electrons. The van der Waals surface area contributed by atoms with Gasteiger partial charge in [0.1, 0.15) is 12.6 Å². The Morgan fingerprint density at radius 2 is 1.58 bits per heavy atom. The molecule has 9 heteroatoms. The average molecular weight is 497 g/mol. The number of nitrogens with zero attached hydrogens (tertiary/aromatic N) is 4. The summed E-state index contributed by atoms with van der Waals surface area (Å²) in [6.45, 7) is 4.66. The number of hydrogen-bond acceptors (Lipinski definition) is 6. The lowest BCUT2D eigenvalue weighted by molar-refractivity contribution is -0.187. The van der Waals surface area contributed by atoms with Gasteiger partial charge < -0.3 is 24.2 Å². The zero-order chi connectivity index (χ0) is 24.7. The Hall–Kier alpha value is -2.65. The molecule has 0 aliphatic carbocycles. The van der Waals surface area contributed by atoms with Crippen LogP contribution in [0.25, 0.3) is 0 Å². The lowest BCUT2D eigenvalue weighted by Crippen LogP contribution is -2.58. The van der Waals surface area contributed by atoms with Crippen LogP contribution in [0.5, 0.6) is 0 Å². The average Bonchev–Trinajstić information content (AvgIpc) is 3.38. The first kappa shape index (κ1) is 23.7. The molecule has 0 saturated carbocycles. The Bertz CT molecular complexity index is 1020. The minimum atomic E-state index is -0.545. The number of ether oxygens (including phenoxy) is 2. The number of fused-ring (bicyclic) bond motifs is 3. The molecule has 5 aliphatic rings. The molecule has 0 N–H and O–H groups in total. The first-order valence-electron chi connectivity index (χ1n) is 13.6. The van der Waals surface area contributed by atoms with E-state index >= 15 is 0 Å². The topological polar surface area (TPSA) is 82.6 Å². The van der Waals surface area contributed by atoms with Crippen molar-refractivity contribution in [2.75, 3.05) is 62.3 Å². The molecule has 3 amide bonds. The van der Waals surface area contributed by atoms with Crippen LogP contribution in [0.15, 0.2) is 18.2 Å². The number of piperidine rings is 3. The maximum Gasteiger partial charge on any atom is 0.253 e. The first-order valence-corrected chi connectivity index (χ1v) is 13.6. The number of carbonyl (C=O) groups is 3. The fourth-order valence-electron chi connectivity index (χ4n) is 6.45. The van der Waals surface area contributed by atoms with Crippen molar-refractivity contribution < 1.29 is 23.9 Å². The summed E-state index contributed by atoms with van der Waals surface area (Å²) in [5.41, 5.74) is 2.23. The fraction of sp³-hybridized carbons (Fsp3) is 0.667. The van der Waals surface area contributed by atoms with E-state index in [1.54, 1.807) is 4.90 Å². The Morgan fingerprint density at radius 3 is 2.33 bits per heavy atom. The minimum Gasteiger partial charge on any atom is -0.358 e. The molecule has 6 rings (SSSR count). The third-order valence-electron chi connectivity index (χ3n) is 8.50. The number of hydrogen-bond donors (Lipinski definition) is 0. The van der Waals surface area contributed by atoms with Crippen molar-refractivity contribution >= 4 is 29.1 Å². The molecule has 36 heavy (non-hydrogen) atoms. The predicted octanol–water partition coefficient (Wildman–Crippen LogP) is 2.38. The number of likely N-dealkylation sites (tertiary alicyclic amines) is 2. The van der Waals surface area contributed by atoms with Crippen molar-refractivity contribution in [3.63, 3.8) is 0 Å². The highest BCUT2D eigenvalue weighted by atomic mass is 16.7. The van der Waals surface area contributed by atoms with Gasteiger partial charge in [0.25, 0.3) is 5.91 Å². The maximum absolute atomic E-state index is 13.7. The van der Waals surface area contributed by atoms with Crippen LogP contribution in [0.3, 0.4) is 0 Å². The Kier molecular flexibility index (Phi) is 6.37. The molecular formula is C27H36N4O5. The van der Waals surface area contributed by atoms with Gasteiger partial charge in [-0.15, -0.1) is 0 Å². The lowest BCUT2D eigenvalue weighted by Gasteiger charge is -2.46. The summed E-state index contributed by atoms with van der Waals surface area (Å²) in [5.74, 6) is -0.639. The van der Waals surface area contributed by atoms with Crippen LogP contribution in [0.4, 0.5) is 11.4 Å². The summed E-state index contributed by atoms with van der Waals surface area (Å²) in [6, 6.07) is 5.47. The van der Waals surface area contributed by atoms with E-state index in [9.17, 15) is 14.4 Å². The quantitative estimate of drug-likeness (QED) is 0.639. The predicted molar refractivity (Wildman–Crippen MR) is 134 cm³/mol. The van der Waals surface area contributed by atoms with Crippen LogP contribution in [0.1, 0.15) is 61.7 Å². The molecular weight excluding hydrogens is 460 g/mol. The van der Waals surface area contributed by atoms with Gasteiger partial charge in [-0.05, 0) is 56.7 Å². The molecule has 0 aromatic heterocycles. The van der Waals surface area contributed by atoms with Gasteiger partial charge in [0.2, 0.25) is 11.8 Å². The number of benzene rings is 1. The lowest BCUT2D eigenvalue weighted by atomic mass is 9.95. The van der Waals surface area contributed by atoms with Crippen molar-refractivity contribution in [1.82, 2.24) is 9.80 Å². The molecule has 1 spiro atoms. The zero-order valence-electron chi connectivity index (χ0n) is 21.0. The molecule has 194 valence electrons. The van der Waals surface area contributed by atoms with Gasteiger partial charge >= 0.3 is 0 Å². The summed E-state index contributed by atoms with van der Waals surface area (Å²) < 4.78 is 11.6. The van der Waals surface area contributed by atoms with Gasteiger partial charge in [-0.3, -0.25) is 19.3 Å². The third kappa shape index (κ3) is 4.26. The molecule has 4 saturated heterocycles. The summed E-state index contributed by atoms with van der Waals surface area (Å²) in [7, 11) is 0. The van der Waals surface area contributed by atoms with Crippen molar-refractivity contribution in [2.45, 2.75) is 63.2 Å². The Morgan fingerprint density at radius 1 is 0.861 bits per heavy atom. The largest absolute Gasteiger partial charge is 0.358 e. The zero-order valence-corrected chi connectivity index (χ0v) is 21.0. The van der Waals surface area contributed by atoms with E-state index in [1.165, 1.54) is 0 Å². The van der Waals surface area contributed by atoms with Crippen molar-refractivity contribution in [3.05, 3.63) is 23.8 Å². The highest BCUT2D eigenvalue weighted by Gasteiger charge is 2.43. The van der Waals surface area contributed by atoms with Crippen LogP contribution in [0.2, 0.25) is 0 Å². The molecule has 9 nitrogen and oxygen atoms in total. The molecule has 1 atom stereocenters. The van der Waals surface area contributed by atoms with Gasteiger partial charge in [0.15, 0.2) is 5.79 Å². The summed E-state index contributed by atoms with van der Waals surface area (Å²) in [5, 5.41) is 0. The van der Waals surface area contributed by atoms with Gasteiger partial charge in [0, 0.05) is 51.1 Å². The highest BCUT2D eigenvalue weighted by molar-refractivity contribution is 6.09. The van der Waals surface area contributed by atoms with Crippen LogP contribution in [-0.4, -0.2) is 91.8 Å². The van der Waals surface area contributed by atoms with Gasteiger partial charge in [-0.25, -0.2) is 0 Å². The molecule has 4 fully saturated rings. The van der Waals surface area contributed by atoms with Gasteiger partial charge in [0.05, 0.1) is 24.6 Å². The monoisotopic (exact) mass is 496 g/mol. The van der Waals surface area contributed by atoms with Gasteiger partial charge in [-0.1, -0.05) is 0 Å². The van der Waals surface area contributed by atoms with Gasteiger partial charge in [-0.2, -0.15) is 0 Å².